The highest BCUT2D eigenvalue weighted by molar-refractivity contribution is 5.95. The zero-order valence-corrected chi connectivity index (χ0v) is 14.8. The SMILES string of the molecule is CCCOC(=O)c1cccc(NC(=O)COc2cc(C)ccc2C)c1. The molecular formula is C20H23NO4. The predicted octanol–water partition coefficient (Wildman–Crippen LogP) is 3.89. The lowest BCUT2D eigenvalue weighted by Crippen LogP contribution is -2.20. The van der Waals surface area contributed by atoms with Crippen LogP contribution in [-0.4, -0.2) is 25.1 Å². The first-order valence-electron chi connectivity index (χ1n) is 8.26. The van der Waals surface area contributed by atoms with Crippen molar-refractivity contribution in [3.8, 4) is 5.75 Å². The predicted molar refractivity (Wildman–Crippen MR) is 97.1 cm³/mol. The minimum absolute atomic E-state index is 0.102. The van der Waals surface area contributed by atoms with Gasteiger partial charge in [0, 0.05) is 5.69 Å². The number of rotatable bonds is 7. The number of carbonyl (C=O) groups excluding carboxylic acids is 2. The molecule has 0 radical (unpaired) electrons. The molecule has 0 aliphatic rings. The lowest BCUT2D eigenvalue weighted by Gasteiger charge is -2.11. The average molecular weight is 341 g/mol. The second-order valence-corrected chi connectivity index (χ2v) is 5.82. The van der Waals surface area contributed by atoms with Gasteiger partial charge in [-0.25, -0.2) is 4.79 Å². The quantitative estimate of drug-likeness (QED) is 0.776. The second-order valence-electron chi connectivity index (χ2n) is 5.82. The van der Waals surface area contributed by atoms with Crippen molar-refractivity contribution in [2.24, 2.45) is 0 Å². The van der Waals surface area contributed by atoms with Crippen LogP contribution < -0.4 is 10.1 Å². The molecule has 0 unspecified atom stereocenters. The van der Waals surface area contributed by atoms with Crippen LogP contribution in [0.1, 0.15) is 34.8 Å². The summed E-state index contributed by atoms with van der Waals surface area (Å²) in [5.74, 6) is -0.00314. The lowest BCUT2D eigenvalue weighted by atomic mass is 10.1. The van der Waals surface area contributed by atoms with E-state index < -0.39 is 5.97 Å². The standard InChI is InChI=1S/C20H23NO4/c1-4-10-24-20(23)16-6-5-7-17(12-16)21-19(22)13-25-18-11-14(2)8-9-15(18)3/h5-9,11-12H,4,10,13H2,1-3H3,(H,21,22). The Labute approximate surface area is 148 Å². The summed E-state index contributed by atoms with van der Waals surface area (Å²) in [7, 11) is 0. The fourth-order valence-corrected chi connectivity index (χ4v) is 2.21. The number of benzene rings is 2. The number of nitrogens with one attached hydrogen (secondary N) is 1. The van der Waals surface area contributed by atoms with Crippen molar-refractivity contribution >= 4 is 17.6 Å². The third-order valence-corrected chi connectivity index (χ3v) is 3.52. The normalized spacial score (nSPS) is 10.2. The zero-order chi connectivity index (χ0) is 18.2. The summed E-state index contributed by atoms with van der Waals surface area (Å²) in [6.45, 7) is 6.10. The number of carbonyl (C=O) groups is 2. The molecule has 0 saturated heterocycles. The molecule has 2 aromatic carbocycles. The summed E-state index contributed by atoms with van der Waals surface area (Å²) in [6.07, 6.45) is 0.762. The van der Waals surface area contributed by atoms with E-state index in [0.29, 0.717) is 23.6 Å². The van der Waals surface area contributed by atoms with Gasteiger partial charge in [0.1, 0.15) is 5.75 Å². The minimum atomic E-state index is -0.399. The highest BCUT2D eigenvalue weighted by Crippen LogP contribution is 2.19. The maximum atomic E-state index is 12.1. The Kier molecular flexibility index (Phi) is 6.57. The summed E-state index contributed by atoms with van der Waals surface area (Å²) in [6, 6.07) is 12.5. The summed E-state index contributed by atoms with van der Waals surface area (Å²) in [5, 5.41) is 2.73. The Morgan fingerprint density at radius 2 is 1.88 bits per heavy atom. The lowest BCUT2D eigenvalue weighted by molar-refractivity contribution is -0.118. The minimum Gasteiger partial charge on any atom is -0.483 e. The molecule has 2 aromatic rings. The topological polar surface area (TPSA) is 64.6 Å². The van der Waals surface area contributed by atoms with Crippen molar-refractivity contribution in [2.45, 2.75) is 27.2 Å². The Hall–Kier alpha value is -2.82. The summed E-state index contributed by atoms with van der Waals surface area (Å²) < 4.78 is 10.7. The number of hydrogen-bond donors (Lipinski definition) is 1. The van der Waals surface area contributed by atoms with E-state index in [9.17, 15) is 9.59 Å². The number of esters is 1. The van der Waals surface area contributed by atoms with Crippen molar-refractivity contribution in [3.05, 3.63) is 59.2 Å². The van der Waals surface area contributed by atoms with Crippen molar-refractivity contribution in [1.29, 1.82) is 0 Å². The molecule has 1 N–H and O–H groups in total. The Balaban J connectivity index is 1.94. The number of anilines is 1. The van der Waals surface area contributed by atoms with Crippen LogP contribution in [-0.2, 0) is 9.53 Å². The first kappa shape index (κ1) is 18.5. The number of hydrogen-bond acceptors (Lipinski definition) is 4. The van der Waals surface area contributed by atoms with Gasteiger partial charge in [0.2, 0.25) is 0 Å². The van der Waals surface area contributed by atoms with Gasteiger partial charge < -0.3 is 14.8 Å². The third kappa shape index (κ3) is 5.64. The highest BCUT2D eigenvalue weighted by Gasteiger charge is 2.10. The maximum Gasteiger partial charge on any atom is 0.338 e. The molecule has 0 saturated carbocycles. The van der Waals surface area contributed by atoms with Crippen molar-refractivity contribution in [1.82, 2.24) is 0 Å². The molecule has 132 valence electrons. The zero-order valence-electron chi connectivity index (χ0n) is 14.8. The molecule has 0 bridgehead atoms. The van der Waals surface area contributed by atoms with E-state index in [4.69, 9.17) is 9.47 Å². The van der Waals surface area contributed by atoms with Gasteiger partial charge in [-0.05, 0) is 55.7 Å². The van der Waals surface area contributed by atoms with Gasteiger partial charge in [-0.1, -0.05) is 25.1 Å². The second kappa shape index (κ2) is 8.87. The number of aryl methyl sites for hydroxylation is 2. The van der Waals surface area contributed by atoms with Crippen LogP contribution >= 0.6 is 0 Å². The van der Waals surface area contributed by atoms with Crippen LogP contribution in [0.3, 0.4) is 0 Å². The molecule has 0 aromatic heterocycles. The summed E-state index contributed by atoms with van der Waals surface area (Å²) >= 11 is 0. The molecule has 2 rings (SSSR count). The van der Waals surface area contributed by atoms with E-state index >= 15 is 0 Å². The van der Waals surface area contributed by atoms with Gasteiger partial charge >= 0.3 is 5.97 Å². The molecule has 0 atom stereocenters. The van der Waals surface area contributed by atoms with Gasteiger partial charge in [-0.2, -0.15) is 0 Å². The van der Waals surface area contributed by atoms with Crippen LogP contribution in [0, 0.1) is 13.8 Å². The van der Waals surface area contributed by atoms with Gasteiger partial charge in [0.15, 0.2) is 6.61 Å². The van der Waals surface area contributed by atoms with Crippen LogP contribution in [0.2, 0.25) is 0 Å². The highest BCUT2D eigenvalue weighted by atomic mass is 16.5. The maximum absolute atomic E-state index is 12.1. The molecular weight excluding hydrogens is 318 g/mol. The fraction of sp³-hybridized carbons (Fsp3) is 0.300. The van der Waals surface area contributed by atoms with Crippen molar-refractivity contribution in [2.75, 3.05) is 18.5 Å². The Bertz CT molecular complexity index is 755. The Morgan fingerprint density at radius 1 is 1.08 bits per heavy atom. The molecule has 5 heteroatoms. The van der Waals surface area contributed by atoms with Gasteiger partial charge in [-0.3, -0.25) is 4.79 Å². The fourth-order valence-electron chi connectivity index (χ4n) is 2.21. The Morgan fingerprint density at radius 3 is 2.64 bits per heavy atom. The summed E-state index contributed by atoms with van der Waals surface area (Å²) in [4.78, 5) is 23.9. The summed E-state index contributed by atoms with van der Waals surface area (Å²) in [5.41, 5.74) is 2.97. The molecule has 25 heavy (non-hydrogen) atoms. The number of amides is 1. The van der Waals surface area contributed by atoms with E-state index in [-0.39, 0.29) is 12.5 Å². The molecule has 0 fully saturated rings. The molecule has 0 aliphatic heterocycles. The monoisotopic (exact) mass is 341 g/mol. The van der Waals surface area contributed by atoms with E-state index in [1.54, 1.807) is 24.3 Å². The average Bonchev–Trinajstić information content (AvgIpc) is 2.60. The van der Waals surface area contributed by atoms with E-state index in [1.807, 2.05) is 39.0 Å². The molecule has 0 heterocycles. The molecule has 0 spiro atoms. The number of ether oxygens (including phenoxy) is 2. The largest absolute Gasteiger partial charge is 0.483 e. The molecule has 1 amide bonds. The van der Waals surface area contributed by atoms with Crippen LogP contribution in [0.15, 0.2) is 42.5 Å². The first-order valence-corrected chi connectivity index (χ1v) is 8.26. The van der Waals surface area contributed by atoms with E-state index in [2.05, 4.69) is 5.32 Å². The smallest absolute Gasteiger partial charge is 0.338 e. The van der Waals surface area contributed by atoms with Crippen molar-refractivity contribution in [3.63, 3.8) is 0 Å². The molecule has 0 aliphatic carbocycles. The van der Waals surface area contributed by atoms with Crippen LogP contribution in [0.25, 0.3) is 0 Å². The van der Waals surface area contributed by atoms with Gasteiger partial charge in [0.05, 0.1) is 12.2 Å². The van der Waals surface area contributed by atoms with E-state index in [0.717, 1.165) is 17.5 Å². The molecule has 5 nitrogen and oxygen atoms in total. The third-order valence-electron chi connectivity index (χ3n) is 3.52. The van der Waals surface area contributed by atoms with Gasteiger partial charge in [-0.15, -0.1) is 0 Å². The van der Waals surface area contributed by atoms with Crippen LogP contribution in [0.4, 0.5) is 5.69 Å². The first-order chi connectivity index (χ1) is 12.0. The van der Waals surface area contributed by atoms with Crippen molar-refractivity contribution < 1.29 is 19.1 Å². The van der Waals surface area contributed by atoms with E-state index in [1.165, 1.54) is 0 Å². The van der Waals surface area contributed by atoms with Gasteiger partial charge in [0.25, 0.3) is 5.91 Å². The van der Waals surface area contributed by atoms with Crippen LogP contribution in [0.5, 0.6) is 5.75 Å².